The molecule has 0 atom stereocenters. The molecular formula is C43H29N3O. The Bertz CT molecular complexity index is 2710. The van der Waals surface area contributed by atoms with Crippen LogP contribution in [-0.4, -0.2) is 14.5 Å². The van der Waals surface area contributed by atoms with E-state index >= 15 is 0 Å². The highest BCUT2D eigenvalue weighted by molar-refractivity contribution is 6.24. The highest BCUT2D eigenvalue weighted by Crippen LogP contribution is 2.51. The number of fused-ring (bicyclic) bond motifs is 10. The molecule has 3 heterocycles. The molecule has 0 saturated heterocycles. The van der Waals surface area contributed by atoms with Gasteiger partial charge in [0.2, 0.25) is 0 Å². The van der Waals surface area contributed by atoms with Gasteiger partial charge in [0.05, 0.1) is 27.8 Å². The minimum absolute atomic E-state index is 0.258. The highest BCUT2D eigenvalue weighted by Gasteiger charge is 2.39. The summed E-state index contributed by atoms with van der Waals surface area (Å²) >= 11 is 0. The molecule has 4 nitrogen and oxygen atoms in total. The minimum atomic E-state index is -0.258. The smallest absolute Gasteiger partial charge is 0.160 e. The summed E-state index contributed by atoms with van der Waals surface area (Å²) in [4.78, 5) is 10.7. The van der Waals surface area contributed by atoms with E-state index in [1.807, 2.05) is 12.1 Å². The van der Waals surface area contributed by atoms with E-state index in [9.17, 15) is 0 Å². The monoisotopic (exact) mass is 603 g/mol. The Balaban J connectivity index is 1.25. The van der Waals surface area contributed by atoms with E-state index in [1.54, 1.807) is 0 Å². The molecular weight excluding hydrogens is 574 g/mol. The van der Waals surface area contributed by atoms with Crippen molar-refractivity contribution in [1.82, 2.24) is 14.5 Å². The van der Waals surface area contributed by atoms with Gasteiger partial charge in [0.25, 0.3) is 0 Å². The van der Waals surface area contributed by atoms with E-state index in [4.69, 9.17) is 14.4 Å². The zero-order valence-electron chi connectivity index (χ0n) is 26.0. The molecule has 0 aliphatic heterocycles. The van der Waals surface area contributed by atoms with Gasteiger partial charge in [0, 0.05) is 44.0 Å². The molecule has 222 valence electrons. The second kappa shape index (κ2) is 9.51. The third kappa shape index (κ3) is 3.64. The van der Waals surface area contributed by atoms with Crippen LogP contribution in [0.4, 0.5) is 0 Å². The van der Waals surface area contributed by atoms with Crippen LogP contribution in [0.1, 0.15) is 25.1 Å². The number of rotatable bonds is 3. The molecule has 0 bridgehead atoms. The van der Waals surface area contributed by atoms with Crippen LogP contribution in [0.2, 0.25) is 0 Å². The maximum Gasteiger partial charge on any atom is 0.160 e. The van der Waals surface area contributed by atoms with Crippen molar-refractivity contribution in [2.45, 2.75) is 19.3 Å². The molecule has 1 aliphatic carbocycles. The molecule has 3 aromatic heterocycles. The largest absolute Gasteiger partial charge is 0.456 e. The fourth-order valence-electron chi connectivity index (χ4n) is 7.79. The topological polar surface area (TPSA) is 43.9 Å². The lowest BCUT2D eigenvalue weighted by Gasteiger charge is -2.21. The summed E-state index contributed by atoms with van der Waals surface area (Å²) in [6.45, 7) is 4.55. The van der Waals surface area contributed by atoms with Gasteiger partial charge in [-0.15, -0.1) is 0 Å². The lowest BCUT2D eigenvalue weighted by atomic mass is 9.85. The molecule has 0 N–H and O–H groups in total. The van der Waals surface area contributed by atoms with Gasteiger partial charge in [-0.3, -0.25) is 0 Å². The molecule has 0 fully saturated rings. The van der Waals surface area contributed by atoms with Crippen LogP contribution in [0.3, 0.4) is 0 Å². The molecule has 0 spiro atoms. The predicted octanol–water partition coefficient (Wildman–Crippen LogP) is 11.1. The molecule has 6 aromatic carbocycles. The first-order valence-electron chi connectivity index (χ1n) is 16.1. The molecule has 0 unspecified atom stereocenters. The maximum absolute atomic E-state index is 6.35. The van der Waals surface area contributed by atoms with Crippen LogP contribution in [0.15, 0.2) is 144 Å². The quantitative estimate of drug-likeness (QED) is 0.202. The summed E-state index contributed by atoms with van der Waals surface area (Å²) in [5.41, 5.74) is 12.6. The molecule has 47 heavy (non-hydrogen) atoms. The van der Waals surface area contributed by atoms with E-state index in [0.29, 0.717) is 0 Å². The number of hydrogen-bond acceptors (Lipinski definition) is 3. The van der Waals surface area contributed by atoms with Gasteiger partial charge < -0.3 is 8.98 Å². The summed E-state index contributed by atoms with van der Waals surface area (Å²) in [5.74, 6) is 0.727. The first-order chi connectivity index (χ1) is 23.1. The molecule has 0 radical (unpaired) electrons. The van der Waals surface area contributed by atoms with Crippen LogP contribution < -0.4 is 0 Å². The second-order valence-electron chi connectivity index (χ2n) is 13.0. The maximum atomic E-state index is 6.35. The zero-order valence-corrected chi connectivity index (χ0v) is 26.0. The first-order valence-corrected chi connectivity index (χ1v) is 16.1. The van der Waals surface area contributed by atoms with Crippen molar-refractivity contribution in [2.75, 3.05) is 0 Å². The van der Waals surface area contributed by atoms with Gasteiger partial charge in [0.1, 0.15) is 11.2 Å². The lowest BCUT2D eigenvalue weighted by molar-refractivity contribution is 0.636. The molecule has 4 heteroatoms. The number of para-hydroxylation sites is 2. The predicted molar refractivity (Wildman–Crippen MR) is 192 cm³/mol. The van der Waals surface area contributed by atoms with Crippen LogP contribution >= 0.6 is 0 Å². The molecule has 1 aliphatic rings. The van der Waals surface area contributed by atoms with E-state index < -0.39 is 0 Å². The van der Waals surface area contributed by atoms with E-state index in [-0.39, 0.29) is 5.41 Å². The third-order valence-electron chi connectivity index (χ3n) is 9.96. The van der Waals surface area contributed by atoms with Crippen LogP contribution in [-0.2, 0) is 5.41 Å². The van der Waals surface area contributed by atoms with Crippen molar-refractivity contribution >= 4 is 43.7 Å². The lowest BCUT2D eigenvalue weighted by Crippen LogP contribution is -2.17. The summed E-state index contributed by atoms with van der Waals surface area (Å²) in [6.07, 6.45) is 0. The number of benzene rings is 6. The van der Waals surface area contributed by atoms with Crippen LogP contribution in [0.5, 0.6) is 0 Å². The summed E-state index contributed by atoms with van der Waals surface area (Å²) in [6, 6.07) is 49.1. The van der Waals surface area contributed by atoms with Gasteiger partial charge in [-0.25, -0.2) is 9.97 Å². The van der Waals surface area contributed by atoms with Crippen LogP contribution in [0.25, 0.3) is 83.2 Å². The Labute approximate surface area is 271 Å². The summed E-state index contributed by atoms with van der Waals surface area (Å²) in [7, 11) is 0. The van der Waals surface area contributed by atoms with Crippen molar-refractivity contribution in [3.8, 4) is 39.5 Å². The van der Waals surface area contributed by atoms with Crippen molar-refractivity contribution in [2.24, 2.45) is 0 Å². The summed E-state index contributed by atoms with van der Waals surface area (Å²) in [5, 5.41) is 4.65. The van der Waals surface area contributed by atoms with Crippen molar-refractivity contribution in [3.05, 3.63) is 151 Å². The second-order valence-corrected chi connectivity index (χ2v) is 13.0. The van der Waals surface area contributed by atoms with E-state index in [2.05, 4.69) is 146 Å². The number of hydrogen-bond donors (Lipinski definition) is 0. The Morgan fingerprint density at radius 1 is 0.596 bits per heavy atom. The SMILES string of the molecule is CC1(C)c2ccccc2-c2c(-c3ccccc3)nc(-c3cccc(-n4c5ccccc5c5ccc6oc7ccccc7c6c54)c3)nc21. The van der Waals surface area contributed by atoms with Crippen molar-refractivity contribution < 1.29 is 4.42 Å². The number of aromatic nitrogens is 3. The highest BCUT2D eigenvalue weighted by atomic mass is 16.3. The van der Waals surface area contributed by atoms with Crippen molar-refractivity contribution in [1.29, 1.82) is 0 Å². The van der Waals surface area contributed by atoms with Gasteiger partial charge in [-0.2, -0.15) is 0 Å². The van der Waals surface area contributed by atoms with E-state index in [1.165, 1.54) is 21.9 Å². The Hall–Kier alpha value is -6.00. The first kappa shape index (κ1) is 26.2. The average Bonchev–Trinajstić information content (AvgIpc) is 3.74. The fourth-order valence-corrected chi connectivity index (χ4v) is 7.79. The normalized spacial score (nSPS) is 13.5. The molecule has 9 aromatic rings. The van der Waals surface area contributed by atoms with Gasteiger partial charge >= 0.3 is 0 Å². The van der Waals surface area contributed by atoms with Crippen LogP contribution in [0, 0.1) is 0 Å². The molecule has 10 rings (SSSR count). The van der Waals surface area contributed by atoms with Gasteiger partial charge in [0.15, 0.2) is 5.82 Å². The van der Waals surface area contributed by atoms with E-state index in [0.717, 1.165) is 72.6 Å². The Kier molecular flexibility index (Phi) is 5.31. The average molecular weight is 604 g/mol. The Morgan fingerprint density at radius 2 is 1.34 bits per heavy atom. The standard InChI is InChI=1S/C43H29N3O/c1-43(2)33-20-9-6-18-31(33)38-39(26-13-4-3-5-14-26)44-42(45-41(38)43)27-15-12-16-28(25-27)46-34-21-10-7-17-29(34)30-23-24-36-37(40(30)46)32-19-8-11-22-35(32)47-36/h3-25H,1-2H3. The molecule has 0 saturated carbocycles. The third-order valence-corrected chi connectivity index (χ3v) is 9.96. The number of nitrogens with zero attached hydrogens (tertiary/aromatic N) is 3. The van der Waals surface area contributed by atoms with Gasteiger partial charge in [-0.05, 0) is 47.5 Å². The zero-order chi connectivity index (χ0) is 31.3. The fraction of sp³-hybridized carbons (Fsp3) is 0.0698. The minimum Gasteiger partial charge on any atom is -0.456 e. The summed E-state index contributed by atoms with van der Waals surface area (Å²) < 4.78 is 8.73. The molecule has 0 amide bonds. The Morgan fingerprint density at radius 3 is 2.23 bits per heavy atom. The number of furan rings is 1. The van der Waals surface area contributed by atoms with Gasteiger partial charge in [-0.1, -0.05) is 117 Å². The van der Waals surface area contributed by atoms with Crippen molar-refractivity contribution in [3.63, 3.8) is 0 Å².